The molecule has 0 saturated carbocycles. The van der Waals surface area contributed by atoms with Crippen LogP contribution in [-0.4, -0.2) is 15.6 Å². The third-order valence-electron chi connectivity index (χ3n) is 7.52. The van der Waals surface area contributed by atoms with Gasteiger partial charge in [0.15, 0.2) is 11.3 Å². The van der Waals surface area contributed by atoms with Crippen molar-refractivity contribution in [1.82, 2.24) is 15.0 Å². The molecular formula is C37H24N4O3S. The Morgan fingerprint density at radius 1 is 0.889 bits per heavy atom. The van der Waals surface area contributed by atoms with Gasteiger partial charge in [0.05, 0.1) is 15.6 Å². The van der Waals surface area contributed by atoms with Gasteiger partial charge in [-0.3, -0.25) is 14.2 Å². The molecule has 0 fully saturated rings. The van der Waals surface area contributed by atoms with Crippen LogP contribution in [-0.2, 0) is 11.3 Å². The van der Waals surface area contributed by atoms with Gasteiger partial charge in [0.1, 0.15) is 16.2 Å². The number of para-hydroxylation sites is 1. The van der Waals surface area contributed by atoms with Crippen molar-refractivity contribution in [1.29, 1.82) is 5.26 Å². The average Bonchev–Trinajstić information content (AvgIpc) is 3.65. The topological polar surface area (TPSA) is 101 Å². The summed E-state index contributed by atoms with van der Waals surface area (Å²) in [7, 11) is 0. The quantitative estimate of drug-likeness (QED) is 0.263. The summed E-state index contributed by atoms with van der Waals surface area (Å²) in [6.45, 7) is 0.253. The second-order valence-corrected chi connectivity index (χ2v) is 11.4. The lowest BCUT2D eigenvalue weighted by molar-refractivity contribution is -0.115. The Morgan fingerprint density at radius 3 is 2.42 bits per heavy atom. The van der Waals surface area contributed by atoms with E-state index in [0.29, 0.717) is 21.5 Å². The van der Waals surface area contributed by atoms with E-state index in [4.69, 9.17) is 4.52 Å². The number of nitrogens with zero attached hydrogens (tertiary/aromatic N) is 3. The Morgan fingerprint density at radius 2 is 1.62 bits per heavy atom. The van der Waals surface area contributed by atoms with Crippen molar-refractivity contribution in [2.75, 3.05) is 0 Å². The summed E-state index contributed by atoms with van der Waals surface area (Å²) in [5.41, 5.74) is 3.37. The Hall–Kier alpha value is -6.04. The molecule has 216 valence electrons. The zero-order valence-corrected chi connectivity index (χ0v) is 24.6. The predicted molar refractivity (Wildman–Crippen MR) is 177 cm³/mol. The number of rotatable bonds is 6. The van der Waals surface area contributed by atoms with Crippen molar-refractivity contribution in [3.63, 3.8) is 0 Å². The van der Waals surface area contributed by atoms with E-state index >= 15 is 0 Å². The fraction of sp³-hybridized carbons (Fsp3) is 0.0270. The van der Waals surface area contributed by atoms with E-state index in [1.165, 1.54) is 4.57 Å². The monoisotopic (exact) mass is 604 g/mol. The molecule has 0 aliphatic rings. The maximum atomic E-state index is 13.9. The Kier molecular flexibility index (Phi) is 7.36. The van der Waals surface area contributed by atoms with Crippen LogP contribution in [0.2, 0.25) is 0 Å². The highest BCUT2D eigenvalue weighted by Crippen LogP contribution is 2.34. The van der Waals surface area contributed by atoms with Gasteiger partial charge in [0.25, 0.3) is 11.5 Å². The lowest BCUT2D eigenvalue weighted by Gasteiger charge is -2.06. The number of hydrogen-bond donors (Lipinski definition) is 1. The predicted octanol–water partition coefficient (Wildman–Crippen LogP) is 5.68. The van der Waals surface area contributed by atoms with Crippen molar-refractivity contribution < 1.29 is 9.32 Å². The molecule has 0 aliphatic carbocycles. The van der Waals surface area contributed by atoms with Gasteiger partial charge in [-0.2, -0.15) is 5.26 Å². The highest BCUT2D eigenvalue weighted by Gasteiger charge is 2.18. The molecule has 0 spiro atoms. The van der Waals surface area contributed by atoms with Crippen LogP contribution in [0.1, 0.15) is 11.1 Å². The molecule has 7 nitrogen and oxygen atoms in total. The minimum absolute atomic E-state index is 0.135. The zero-order valence-electron chi connectivity index (χ0n) is 23.8. The molecule has 5 aromatic carbocycles. The molecule has 0 bridgehead atoms. The minimum Gasteiger partial charge on any atom is -0.355 e. The molecule has 1 amide bonds. The number of hydrogen-bond acceptors (Lipinski definition) is 6. The molecule has 7 aromatic rings. The van der Waals surface area contributed by atoms with Crippen molar-refractivity contribution in [3.05, 3.63) is 152 Å². The number of benzene rings is 5. The smallest absolute Gasteiger partial charge is 0.273 e. The molecule has 1 N–H and O–H groups in total. The van der Waals surface area contributed by atoms with Crippen molar-refractivity contribution in [2.45, 2.75) is 6.54 Å². The molecule has 0 unspecified atom stereocenters. The van der Waals surface area contributed by atoms with Gasteiger partial charge in [-0.25, -0.2) is 0 Å². The third kappa shape index (κ3) is 5.33. The molecule has 8 heteroatoms. The fourth-order valence-corrected chi connectivity index (χ4v) is 6.44. The average molecular weight is 605 g/mol. The lowest BCUT2D eigenvalue weighted by atomic mass is 10.00. The maximum Gasteiger partial charge on any atom is 0.273 e. The van der Waals surface area contributed by atoms with E-state index in [1.54, 1.807) is 18.2 Å². The number of amides is 1. The largest absolute Gasteiger partial charge is 0.355 e. The molecule has 2 heterocycles. The second-order valence-electron chi connectivity index (χ2n) is 10.4. The number of nitriles is 1. The van der Waals surface area contributed by atoms with E-state index in [1.807, 2.05) is 97.1 Å². The van der Waals surface area contributed by atoms with E-state index in [2.05, 4.69) is 28.7 Å². The first-order valence-corrected chi connectivity index (χ1v) is 15.1. The van der Waals surface area contributed by atoms with Crippen LogP contribution in [0.5, 0.6) is 0 Å². The van der Waals surface area contributed by atoms with Gasteiger partial charge < -0.3 is 9.84 Å². The van der Waals surface area contributed by atoms with Gasteiger partial charge in [-0.05, 0) is 52.2 Å². The van der Waals surface area contributed by atoms with Crippen LogP contribution in [0.15, 0.2) is 131 Å². The third-order valence-corrected chi connectivity index (χ3v) is 8.61. The van der Waals surface area contributed by atoms with Crippen molar-refractivity contribution in [3.8, 4) is 23.1 Å². The Labute approximate surface area is 261 Å². The van der Waals surface area contributed by atoms with Gasteiger partial charge >= 0.3 is 0 Å². The summed E-state index contributed by atoms with van der Waals surface area (Å²) >= 11 is 1.10. The standard InChI is InChI=1S/C37H24N4O3S/c38-22-31(35(42)39-23-24-10-3-1-4-11-24)37-41(27-14-5-2-6-15-27)36(43)33(45-37)21-25-18-19-32-30(20-25)34(44-40-32)29-17-9-13-26-12-7-8-16-28(26)29/h1-21H,23H2,(H,39,42)/b33-21+,37-31-. The van der Waals surface area contributed by atoms with Crippen LogP contribution in [0.4, 0.5) is 0 Å². The highest BCUT2D eigenvalue weighted by molar-refractivity contribution is 7.07. The summed E-state index contributed by atoms with van der Waals surface area (Å²) in [6.07, 6.45) is 1.77. The van der Waals surface area contributed by atoms with Crippen LogP contribution >= 0.6 is 11.3 Å². The normalized spacial score (nSPS) is 12.3. The summed E-state index contributed by atoms with van der Waals surface area (Å²) in [5, 5.41) is 20.2. The van der Waals surface area contributed by atoms with E-state index < -0.39 is 5.91 Å². The molecule has 45 heavy (non-hydrogen) atoms. The summed E-state index contributed by atoms with van der Waals surface area (Å²) < 4.78 is 7.90. The van der Waals surface area contributed by atoms with Crippen molar-refractivity contribution in [2.24, 2.45) is 0 Å². The minimum atomic E-state index is -0.551. The van der Waals surface area contributed by atoms with Gasteiger partial charge in [0.2, 0.25) is 0 Å². The van der Waals surface area contributed by atoms with Gasteiger partial charge in [-0.1, -0.05) is 102 Å². The van der Waals surface area contributed by atoms with E-state index in [0.717, 1.165) is 44.2 Å². The molecule has 0 radical (unpaired) electrons. The maximum absolute atomic E-state index is 13.9. The first-order chi connectivity index (χ1) is 22.1. The summed E-state index contributed by atoms with van der Waals surface area (Å²) in [5.74, 6) is 0.0882. The first kappa shape index (κ1) is 27.8. The lowest BCUT2D eigenvalue weighted by Crippen LogP contribution is -2.33. The number of carbonyl (C=O) groups excluding carboxylic acids is 1. The molecule has 0 atom stereocenters. The van der Waals surface area contributed by atoms with E-state index in [9.17, 15) is 14.9 Å². The number of carbonyl (C=O) groups is 1. The van der Waals surface area contributed by atoms with Crippen LogP contribution < -0.4 is 20.1 Å². The van der Waals surface area contributed by atoms with Gasteiger partial charge in [-0.15, -0.1) is 11.3 Å². The molecule has 0 aliphatic heterocycles. The van der Waals surface area contributed by atoms with Gasteiger partial charge in [0, 0.05) is 12.1 Å². The highest BCUT2D eigenvalue weighted by atomic mass is 32.1. The van der Waals surface area contributed by atoms with E-state index in [-0.39, 0.29) is 22.3 Å². The van der Waals surface area contributed by atoms with Crippen LogP contribution in [0.25, 0.3) is 50.3 Å². The molecule has 7 rings (SSSR count). The van der Waals surface area contributed by atoms with Crippen molar-refractivity contribution >= 4 is 50.6 Å². The summed E-state index contributed by atoms with van der Waals surface area (Å²) in [4.78, 5) is 27.2. The number of nitrogens with one attached hydrogen (secondary N) is 1. The SMILES string of the molecule is N#C/C(C(=O)NCc1ccccc1)=c1/s/c(=C/c2ccc3noc(-c4cccc5ccccc45)c3c2)c(=O)n1-c1ccccc1. The molecule has 2 aromatic heterocycles. The second kappa shape index (κ2) is 11.9. The number of aromatic nitrogens is 2. The fourth-order valence-electron chi connectivity index (χ4n) is 5.34. The Bertz CT molecular complexity index is 2430. The zero-order chi connectivity index (χ0) is 30.8. The number of fused-ring (bicyclic) bond motifs is 2. The molecular weight excluding hydrogens is 580 g/mol. The number of thiazole rings is 1. The summed E-state index contributed by atoms with van der Waals surface area (Å²) in [6, 6.07) is 40.3. The first-order valence-electron chi connectivity index (χ1n) is 14.2. The molecule has 0 saturated heterocycles. The van der Waals surface area contributed by atoms with Crippen LogP contribution in [0, 0.1) is 11.3 Å². The van der Waals surface area contributed by atoms with Crippen LogP contribution in [0.3, 0.4) is 0 Å². The Balaban J connectivity index is 1.37.